The van der Waals surface area contributed by atoms with Gasteiger partial charge in [0.1, 0.15) is 0 Å². The third-order valence-electron chi connectivity index (χ3n) is 5.90. The molecule has 3 rings (SSSR count). The number of rotatable bonds is 8. The average molecular weight is 372 g/mol. The van der Waals surface area contributed by atoms with Gasteiger partial charge in [0.15, 0.2) is 0 Å². The highest BCUT2D eigenvalue weighted by molar-refractivity contribution is 6.01. The highest BCUT2D eigenvalue weighted by atomic mass is 16.2. The number of nitrogens with one attached hydrogen (secondary N) is 2. The van der Waals surface area contributed by atoms with E-state index in [0.717, 1.165) is 18.9 Å². The zero-order valence-corrected chi connectivity index (χ0v) is 16.7. The molecule has 0 bridgehead atoms. The quantitative estimate of drug-likeness (QED) is 0.537. The molecule has 1 unspecified atom stereocenters. The lowest BCUT2D eigenvalue weighted by Crippen LogP contribution is -2.34. The van der Waals surface area contributed by atoms with Crippen molar-refractivity contribution in [2.45, 2.75) is 64.3 Å². The lowest BCUT2D eigenvalue weighted by molar-refractivity contribution is -0.125. The Balaban J connectivity index is 1.52. The molecule has 0 radical (unpaired) electrons. The van der Waals surface area contributed by atoms with Crippen molar-refractivity contribution in [2.75, 3.05) is 19.6 Å². The lowest BCUT2D eigenvalue weighted by Gasteiger charge is -2.25. The van der Waals surface area contributed by atoms with Gasteiger partial charge in [-0.25, -0.2) is 4.79 Å². The van der Waals surface area contributed by atoms with Gasteiger partial charge in [-0.05, 0) is 48.8 Å². The minimum absolute atomic E-state index is 0.126. The first-order chi connectivity index (χ1) is 13.1. The van der Waals surface area contributed by atoms with Crippen LogP contribution in [-0.4, -0.2) is 36.5 Å². The molecule has 2 aliphatic rings. The van der Waals surface area contributed by atoms with Crippen molar-refractivity contribution in [3.63, 3.8) is 0 Å². The van der Waals surface area contributed by atoms with Crippen molar-refractivity contribution >= 4 is 11.9 Å². The Hall–Kier alpha value is -1.88. The summed E-state index contributed by atoms with van der Waals surface area (Å²) in [5.41, 5.74) is 2.80. The molecule has 5 nitrogen and oxygen atoms in total. The van der Waals surface area contributed by atoms with Gasteiger partial charge >= 0.3 is 6.03 Å². The van der Waals surface area contributed by atoms with Gasteiger partial charge in [-0.15, -0.1) is 0 Å². The predicted molar refractivity (Wildman–Crippen MR) is 108 cm³/mol. The molecule has 1 saturated heterocycles. The minimum atomic E-state index is -0.265. The maximum atomic E-state index is 11.6. The van der Waals surface area contributed by atoms with Gasteiger partial charge in [0.2, 0.25) is 5.91 Å². The molecule has 2 fully saturated rings. The largest absolute Gasteiger partial charge is 0.329 e. The molecule has 1 saturated carbocycles. The number of amides is 3. The van der Waals surface area contributed by atoms with E-state index in [1.807, 2.05) is 0 Å². The van der Waals surface area contributed by atoms with Gasteiger partial charge in [-0.3, -0.25) is 9.69 Å². The van der Waals surface area contributed by atoms with E-state index in [9.17, 15) is 9.59 Å². The lowest BCUT2D eigenvalue weighted by atomic mass is 9.83. The van der Waals surface area contributed by atoms with E-state index in [1.54, 1.807) is 0 Å². The van der Waals surface area contributed by atoms with E-state index in [1.165, 1.54) is 48.1 Å². The smallest absolute Gasteiger partial charge is 0.324 e. The number of hydrogen-bond donors (Lipinski definition) is 2. The zero-order valence-electron chi connectivity index (χ0n) is 16.7. The Bertz CT molecular complexity index is 619. The van der Waals surface area contributed by atoms with Crippen LogP contribution in [0.1, 0.15) is 75.5 Å². The average Bonchev–Trinajstić information content (AvgIpc) is 3.00. The number of imide groups is 1. The van der Waals surface area contributed by atoms with E-state index in [2.05, 4.69) is 48.7 Å². The van der Waals surface area contributed by atoms with Gasteiger partial charge in [0.05, 0.1) is 6.54 Å². The standard InChI is InChI=1S/C22H33N3O2/c1-16(2)21(23-13-6-14-25-20(26)15-24-22(25)27)19-11-9-18(10-12-19)17-7-4-3-5-8-17/h9-12,16-17,21,23H,3-8,13-15H2,1-2H3,(H,24,27). The summed E-state index contributed by atoms with van der Waals surface area (Å²) < 4.78 is 0. The fourth-order valence-corrected chi connectivity index (χ4v) is 4.33. The second kappa shape index (κ2) is 9.36. The molecule has 1 aliphatic carbocycles. The van der Waals surface area contributed by atoms with Crippen LogP contribution in [0.3, 0.4) is 0 Å². The van der Waals surface area contributed by atoms with Crippen molar-refractivity contribution in [2.24, 2.45) is 5.92 Å². The Labute approximate surface area is 162 Å². The van der Waals surface area contributed by atoms with E-state index < -0.39 is 0 Å². The molecule has 1 atom stereocenters. The Morgan fingerprint density at radius 2 is 1.81 bits per heavy atom. The first-order valence-electron chi connectivity index (χ1n) is 10.5. The van der Waals surface area contributed by atoms with Crippen molar-refractivity contribution in [3.05, 3.63) is 35.4 Å². The maximum Gasteiger partial charge on any atom is 0.324 e. The molecule has 0 aromatic heterocycles. The summed E-state index contributed by atoms with van der Waals surface area (Å²) in [4.78, 5) is 24.5. The minimum Gasteiger partial charge on any atom is -0.329 e. The summed E-state index contributed by atoms with van der Waals surface area (Å²) >= 11 is 0. The van der Waals surface area contributed by atoms with Gasteiger partial charge in [-0.2, -0.15) is 0 Å². The normalized spacial score (nSPS) is 19.6. The molecule has 1 aromatic carbocycles. The third-order valence-corrected chi connectivity index (χ3v) is 5.90. The molecule has 1 heterocycles. The molecule has 1 aliphatic heterocycles. The topological polar surface area (TPSA) is 61.4 Å². The fraction of sp³-hybridized carbons (Fsp3) is 0.636. The van der Waals surface area contributed by atoms with Crippen molar-refractivity contribution in [3.8, 4) is 0 Å². The molecule has 5 heteroatoms. The number of nitrogens with zero attached hydrogens (tertiary/aromatic N) is 1. The molecule has 148 valence electrons. The predicted octanol–water partition coefficient (Wildman–Crippen LogP) is 3.96. The second-order valence-electron chi connectivity index (χ2n) is 8.24. The van der Waals surface area contributed by atoms with Crippen LogP contribution in [-0.2, 0) is 4.79 Å². The zero-order chi connectivity index (χ0) is 19.2. The van der Waals surface area contributed by atoms with Crippen LogP contribution in [0.15, 0.2) is 24.3 Å². The first kappa shape index (κ1) is 19.9. The summed E-state index contributed by atoms with van der Waals surface area (Å²) in [5.74, 6) is 1.09. The van der Waals surface area contributed by atoms with Crippen molar-refractivity contribution < 1.29 is 9.59 Å². The van der Waals surface area contributed by atoms with Crippen molar-refractivity contribution in [1.29, 1.82) is 0 Å². The summed E-state index contributed by atoms with van der Waals surface area (Å²) in [7, 11) is 0. The van der Waals surface area contributed by atoms with Gasteiger partial charge < -0.3 is 10.6 Å². The molecule has 0 spiro atoms. The molecular formula is C22H33N3O2. The van der Waals surface area contributed by atoms with Gasteiger partial charge in [-0.1, -0.05) is 57.4 Å². The summed E-state index contributed by atoms with van der Waals surface area (Å²) in [6.07, 6.45) is 7.53. The number of hydrogen-bond acceptors (Lipinski definition) is 3. The molecule has 2 N–H and O–H groups in total. The third kappa shape index (κ3) is 5.10. The van der Waals surface area contributed by atoms with E-state index >= 15 is 0 Å². The molecular weight excluding hydrogens is 338 g/mol. The van der Waals surface area contributed by atoms with Crippen LogP contribution >= 0.6 is 0 Å². The van der Waals surface area contributed by atoms with Crippen LogP contribution < -0.4 is 10.6 Å². The second-order valence-corrected chi connectivity index (χ2v) is 8.24. The van der Waals surface area contributed by atoms with Crippen molar-refractivity contribution in [1.82, 2.24) is 15.5 Å². The summed E-state index contributed by atoms with van der Waals surface area (Å²) in [6, 6.07) is 9.20. The van der Waals surface area contributed by atoms with E-state index in [0.29, 0.717) is 12.5 Å². The first-order valence-corrected chi connectivity index (χ1v) is 10.5. The number of carbonyl (C=O) groups is 2. The maximum absolute atomic E-state index is 11.6. The van der Waals surface area contributed by atoms with E-state index in [4.69, 9.17) is 0 Å². The SMILES string of the molecule is CC(C)C(NCCCN1C(=O)CNC1=O)c1ccc(C2CCCCC2)cc1. The Morgan fingerprint density at radius 3 is 2.41 bits per heavy atom. The monoisotopic (exact) mass is 371 g/mol. The van der Waals surface area contributed by atoms with Crippen LogP contribution in [0.5, 0.6) is 0 Å². The van der Waals surface area contributed by atoms with Gasteiger partial charge in [0, 0.05) is 12.6 Å². The highest BCUT2D eigenvalue weighted by Gasteiger charge is 2.27. The van der Waals surface area contributed by atoms with E-state index in [-0.39, 0.29) is 24.5 Å². The molecule has 3 amide bonds. The fourth-order valence-electron chi connectivity index (χ4n) is 4.33. The Kier molecular flexibility index (Phi) is 6.89. The molecule has 27 heavy (non-hydrogen) atoms. The summed E-state index contributed by atoms with van der Waals surface area (Å²) in [5, 5.41) is 6.18. The summed E-state index contributed by atoms with van der Waals surface area (Å²) in [6.45, 7) is 5.84. The van der Waals surface area contributed by atoms with Crippen LogP contribution in [0.2, 0.25) is 0 Å². The number of urea groups is 1. The number of carbonyl (C=O) groups excluding carboxylic acids is 2. The highest BCUT2D eigenvalue weighted by Crippen LogP contribution is 2.33. The van der Waals surface area contributed by atoms with Crippen LogP contribution in [0, 0.1) is 5.92 Å². The van der Waals surface area contributed by atoms with Crippen LogP contribution in [0.4, 0.5) is 4.79 Å². The van der Waals surface area contributed by atoms with Gasteiger partial charge in [0.25, 0.3) is 0 Å². The molecule has 1 aromatic rings. The number of benzene rings is 1. The Morgan fingerprint density at radius 1 is 1.11 bits per heavy atom. The van der Waals surface area contributed by atoms with Crippen LogP contribution in [0.25, 0.3) is 0 Å².